The van der Waals surface area contributed by atoms with Gasteiger partial charge < -0.3 is 9.84 Å². The fraction of sp³-hybridized carbons (Fsp3) is 0.158. The number of hydrogen-bond donors (Lipinski definition) is 1. The number of aliphatic hydroxyl groups is 1. The van der Waals surface area contributed by atoms with E-state index in [9.17, 15) is 20.0 Å². The van der Waals surface area contributed by atoms with Gasteiger partial charge in [-0.3, -0.25) is 14.9 Å². The Morgan fingerprint density at radius 2 is 1.93 bits per heavy atom. The van der Waals surface area contributed by atoms with Crippen LogP contribution in [-0.2, 0) is 4.79 Å². The van der Waals surface area contributed by atoms with Crippen LogP contribution in [0.15, 0.2) is 59.2 Å². The first-order chi connectivity index (χ1) is 13.0. The van der Waals surface area contributed by atoms with Gasteiger partial charge in [0.2, 0.25) is 0 Å². The van der Waals surface area contributed by atoms with E-state index < -0.39 is 10.8 Å². The van der Waals surface area contributed by atoms with Gasteiger partial charge in [-0.25, -0.2) is 5.01 Å². The summed E-state index contributed by atoms with van der Waals surface area (Å²) in [6.07, 6.45) is 1.46. The number of hydrazone groups is 1. The summed E-state index contributed by atoms with van der Waals surface area (Å²) in [5.41, 5.74) is 1.47. The van der Waals surface area contributed by atoms with Gasteiger partial charge in [0, 0.05) is 11.6 Å². The van der Waals surface area contributed by atoms with Gasteiger partial charge in [0.15, 0.2) is 0 Å². The molecule has 8 nitrogen and oxygen atoms in total. The zero-order valence-electron chi connectivity index (χ0n) is 14.5. The van der Waals surface area contributed by atoms with Crippen molar-refractivity contribution in [3.63, 3.8) is 0 Å². The Bertz CT molecular complexity index is 935. The van der Waals surface area contributed by atoms with E-state index in [2.05, 4.69) is 5.10 Å². The van der Waals surface area contributed by atoms with Crippen LogP contribution >= 0.6 is 0 Å². The fourth-order valence-electron chi connectivity index (χ4n) is 2.73. The normalized spacial score (nSPS) is 15.2. The molecule has 8 heteroatoms. The summed E-state index contributed by atoms with van der Waals surface area (Å²) in [6.45, 7) is -0.212. The Kier molecular flexibility index (Phi) is 5.28. The second-order valence-corrected chi connectivity index (χ2v) is 5.70. The van der Waals surface area contributed by atoms with Crippen LogP contribution in [0, 0.1) is 10.1 Å². The van der Waals surface area contributed by atoms with Crippen molar-refractivity contribution in [1.82, 2.24) is 5.01 Å². The van der Waals surface area contributed by atoms with Crippen molar-refractivity contribution in [2.75, 3.05) is 20.3 Å². The molecule has 0 atom stereocenters. The minimum Gasteiger partial charge on any atom is -0.497 e. The number of nitro groups is 1. The van der Waals surface area contributed by atoms with Crippen LogP contribution in [0.2, 0.25) is 0 Å². The molecule has 3 rings (SSSR count). The van der Waals surface area contributed by atoms with Gasteiger partial charge in [0.05, 0.1) is 36.3 Å². The maximum Gasteiger partial charge on any atom is 0.276 e. The SMILES string of the molecule is COc1ccc(C2=NN(CCO)C(=O)/C2=C\c2ccccc2[N+](=O)[O-])cc1. The first-order valence-electron chi connectivity index (χ1n) is 8.16. The second kappa shape index (κ2) is 7.79. The van der Waals surface area contributed by atoms with Crippen LogP contribution in [0.5, 0.6) is 5.75 Å². The number of rotatable bonds is 6. The molecular weight excluding hydrogens is 350 g/mol. The molecule has 0 unspecified atom stereocenters. The number of β-amino-alcohol motifs (C(OH)–C–C–N with tert-alkyl or cyclic N) is 1. The Balaban J connectivity index is 2.09. The zero-order valence-corrected chi connectivity index (χ0v) is 14.5. The van der Waals surface area contributed by atoms with E-state index in [0.29, 0.717) is 22.6 Å². The van der Waals surface area contributed by atoms with Crippen molar-refractivity contribution < 1.29 is 19.6 Å². The molecular formula is C19H17N3O5. The molecule has 0 fully saturated rings. The first kappa shape index (κ1) is 18.3. The molecule has 2 aromatic carbocycles. The molecule has 1 aliphatic rings. The standard InChI is InChI=1S/C19H17N3O5/c1-27-15-8-6-13(7-9-15)18-16(19(24)21(20-18)10-11-23)12-14-4-2-3-5-17(14)22(25)26/h2-9,12,23H,10-11H2,1H3/b16-12-. The number of nitrogens with zero attached hydrogens (tertiary/aromatic N) is 3. The fourth-order valence-corrected chi connectivity index (χ4v) is 2.73. The van der Waals surface area contributed by atoms with Crippen molar-refractivity contribution in [1.29, 1.82) is 0 Å². The van der Waals surface area contributed by atoms with Gasteiger partial charge in [-0.2, -0.15) is 5.10 Å². The highest BCUT2D eigenvalue weighted by atomic mass is 16.6. The predicted octanol–water partition coefficient (Wildman–Crippen LogP) is 2.23. The van der Waals surface area contributed by atoms with Crippen LogP contribution in [0.25, 0.3) is 6.08 Å². The maximum absolute atomic E-state index is 12.7. The summed E-state index contributed by atoms with van der Waals surface area (Å²) in [5, 5.41) is 25.9. The third-order valence-electron chi connectivity index (χ3n) is 4.05. The predicted molar refractivity (Wildman–Crippen MR) is 99.4 cm³/mol. The third kappa shape index (κ3) is 3.70. The Labute approximate surface area is 155 Å². The van der Waals surface area contributed by atoms with Gasteiger partial charge in [0.1, 0.15) is 11.5 Å². The number of carbonyl (C=O) groups excluding carboxylic acids is 1. The lowest BCUT2D eigenvalue weighted by Crippen LogP contribution is -2.25. The van der Waals surface area contributed by atoms with Gasteiger partial charge in [-0.1, -0.05) is 12.1 Å². The number of carbonyl (C=O) groups is 1. The molecule has 0 radical (unpaired) electrons. The summed E-state index contributed by atoms with van der Waals surface area (Å²) in [5.74, 6) is 0.230. The lowest BCUT2D eigenvalue weighted by Gasteiger charge is -2.08. The molecule has 1 N–H and O–H groups in total. The zero-order chi connectivity index (χ0) is 19.4. The molecule has 27 heavy (non-hydrogen) atoms. The highest BCUT2D eigenvalue weighted by molar-refractivity contribution is 6.33. The maximum atomic E-state index is 12.7. The highest BCUT2D eigenvalue weighted by Crippen LogP contribution is 2.27. The topological polar surface area (TPSA) is 105 Å². The van der Waals surface area contributed by atoms with E-state index in [4.69, 9.17) is 4.74 Å². The molecule has 0 saturated carbocycles. The minimum atomic E-state index is -0.499. The van der Waals surface area contributed by atoms with Crippen LogP contribution in [-0.4, -0.2) is 46.9 Å². The number of para-hydroxylation sites is 1. The molecule has 0 spiro atoms. The van der Waals surface area contributed by atoms with Gasteiger partial charge >= 0.3 is 0 Å². The van der Waals surface area contributed by atoms with Crippen LogP contribution in [0.1, 0.15) is 11.1 Å². The molecule has 0 bridgehead atoms. The van der Waals surface area contributed by atoms with Crippen molar-refractivity contribution in [3.8, 4) is 5.75 Å². The van der Waals surface area contributed by atoms with Gasteiger partial charge in [-0.15, -0.1) is 0 Å². The molecule has 138 valence electrons. The van der Waals surface area contributed by atoms with Crippen molar-refractivity contribution >= 4 is 23.4 Å². The minimum absolute atomic E-state index is 0.0344. The molecule has 1 heterocycles. The van der Waals surface area contributed by atoms with Gasteiger partial charge in [0.25, 0.3) is 11.6 Å². The number of nitro benzene ring substituents is 1. The van der Waals surface area contributed by atoms with E-state index >= 15 is 0 Å². The number of amides is 1. The van der Waals surface area contributed by atoms with Gasteiger partial charge in [-0.05, 0) is 36.4 Å². The Hall–Kier alpha value is -3.52. The average Bonchev–Trinajstić information content (AvgIpc) is 2.98. The number of benzene rings is 2. The molecule has 0 saturated heterocycles. The second-order valence-electron chi connectivity index (χ2n) is 5.70. The summed E-state index contributed by atoms with van der Waals surface area (Å²) in [4.78, 5) is 23.5. The molecule has 2 aromatic rings. The quantitative estimate of drug-likeness (QED) is 0.479. The molecule has 0 aromatic heterocycles. The summed E-state index contributed by atoms with van der Waals surface area (Å²) in [7, 11) is 1.55. The number of hydrogen-bond acceptors (Lipinski definition) is 6. The Morgan fingerprint density at radius 3 is 2.56 bits per heavy atom. The van der Waals surface area contributed by atoms with Crippen molar-refractivity contribution in [2.24, 2.45) is 5.10 Å². The summed E-state index contributed by atoms with van der Waals surface area (Å²) < 4.78 is 5.14. The van der Waals surface area contributed by atoms with E-state index in [1.807, 2.05) is 0 Å². The third-order valence-corrected chi connectivity index (χ3v) is 4.05. The largest absolute Gasteiger partial charge is 0.497 e. The monoisotopic (exact) mass is 367 g/mol. The van der Waals surface area contributed by atoms with E-state index in [-0.39, 0.29) is 24.4 Å². The lowest BCUT2D eigenvalue weighted by atomic mass is 9.99. The van der Waals surface area contributed by atoms with E-state index in [1.54, 1.807) is 49.6 Å². The summed E-state index contributed by atoms with van der Waals surface area (Å²) >= 11 is 0. The number of aliphatic hydroxyl groups excluding tert-OH is 1. The molecule has 1 aliphatic heterocycles. The van der Waals surface area contributed by atoms with Crippen LogP contribution in [0.4, 0.5) is 5.69 Å². The molecule has 0 aliphatic carbocycles. The van der Waals surface area contributed by atoms with Crippen LogP contribution < -0.4 is 4.74 Å². The Morgan fingerprint density at radius 1 is 1.22 bits per heavy atom. The molecule has 1 amide bonds. The number of methoxy groups -OCH3 is 1. The smallest absolute Gasteiger partial charge is 0.276 e. The van der Waals surface area contributed by atoms with Crippen molar-refractivity contribution in [3.05, 3.63) is 75.3 Å². The average molecular weight is 367 g/mol. The van der Waals surface area contributed by atoms with Crippen molar-refractivity contribution in [2.45, 2.75) is 0 Å². The highest BCUT2D eigenvalue weighted by Gasteiger charge is 2.31. The lowest BCUT2D eigenvalue weighted by molar-refractivity contribution is -0.385. The summed E-state index contributed by atoms with van der Waals surface area (Å²) in [6, 6.07) is 13.1. The van der Waals surface area contributed by atoms with Crippen LogP contribution in [0.3, 0.4) is 0 Å². The first-order valence-corrected chi connectivity index (χ1v) is 8.16. The number of ether oxygens (including phenoxy) is 1. The van der Waals surface area contributed by atoms with E-state index in [0.717, 1.165) is 5.01 Å². The van der Waals surface area contributed by atoms with E-state index in [1.165, 1.54) is 12.1 Å².